The van der Waals surface area contributed by atoms with Gasteiger partial charge in [0.1, 0.15) is 16.8 Å². The van der Waals surface area contributed by atoms with Gasteiger partial charge in [0.05, 0.1) is 16.9 Å². The van der Waals surface area contributed by atoms with Crippen molar-refractivity contribution in [3.05, 3.63) is 48.0 Å². The number of pyridine rings is 1. The number of nitriles is 1. The van der Waals surface area contributed by atoms with E-state index < -0.39 is 15.8 Å². The van der Waals surface area contributed by atoms with Crippen molar-refractivity contribution in [1.82, 2.24) is 4.98 Å². The minimum Gasteiger partial charge on any atom is -0.323 e. The number of halogens is 1. The lowest BCUT2D eigenvalue weighted by Crippen LogP contribution is -2.18. The molecule has 4 N–H and O–H groups in total. The largest absolute Gasteiger partial charge is 0.323 e. The number of hydrogen-bond acceptors (Lipinski definition) is 6. The lowest BCUT2D eigenvalue weighted by molar-refractivity contribution is 0.600. The molecule has 108 valence electrons. The van der Waals surface area contributed by atoms with E-state index in [1.165, 1.54) is 12.3 Å². The molecule has 0 aliphatic carbocycles. The molecular weight excluding hydrogens is 297 g/mol. The summed E-state index contributed by atoms with van der Waals surface area (Å²) in [6.07, 6.45) is 2.47. The summed E-state index contributed by atoms with van der Waals surface area (Å²) in [4.78, 5) is 3.52. The van der Waals surface area contributed by atoms with Crippen LogP contribution in [0.1, 0.15) is 5.56 Å². The van der Waals surface area contributed by atoms with Crippen molar-refractivity contribution in [3.63, 3.8) is 0 Å². The molecule has 7 nitrogen and oxygen atoms in total. The van der Waals surface area contributed by atoms with Crippen molar-refractivity contribution >= 4 is 21.4 Å². The molecule has 2 rings (SSSR count). The van der Waals surface area contributed by atoms with E-state index >= 15 is 0 Å². The van der Waals surface area contributed by atoms with E-state index in [9.17, 15) is 12.8 Å². The number of rotatable bonds is 4. The lowest BCUT2D eigenvalue weighted by atomic mass is 10.2. The van der Waals surface area contributed by atoms with Crippen LogP contribution in [0.2, 0.25) is 0 Å². The highest BCUT2D eigenvalue weighted by Gasteiger charge is 2.20. The molecule has 0 atom stereocenters. The van der Waals surface area contributed by atoms with Gasteiger partial charge in [-0.3, -0.25) is 15.5 Å². The number of nitrogens with zero attached hydrogens (tertiary/aromatic N) is 2. The molecule has 0 saturated heterocycles. The molecule has 0 saturated carbocycles. The van der Waals surface area contributed by atoms with Gasteiger partial charge in [-0.2, -0.15) is 5.26 Å². The van der Waals surface area contributed by atoms with E-state index in [1.807, 2.05) is 0 Å². The van der Waals surface area contributed by atoms with Crippen molar-refractivity contribution < 1.29 is 12.8 Å². The molecule has 0 spiro atoms. The first kappa shape index (κ1) is 14.7. The van der Waals surface area contributed by atoms with Gasteiger partial charge in [0.25, 0.3) is 10.0 Å². The Morgan fingerprint density at radius 2 is 2.05 bits per heavy atom. The van der Waals surface area contributed by atoms with Crippen molar-refractivity contribution in [2.24, 2.45) is 5.84 Å². The number of hydrogen-bond donors (Lipinski definition) is 3. The maximum atomic E-state index is 13.0. The zero-order valence-corrected chi connectivity index (χ0v) is 11.4. The third-order valence-corrected chi connectivity index (χ3v) is 3.97. The number of sulfonamides is 1. The zero-order chi connectivity index (χ0) is 15.5. The normalized spacial score (nSPS) is 10.7. The summed E-state index contributed by atoms with van der Waals surface area (Å²) in [5.41, 5.74) is 2.21. The van der Waals surface area contributed by atoms with E-state index in [1.54, 1.807) is 6.07 Å². The second-order valence-electron chi connectivity index (χ2n) is 3.92. The van der Waals surface area contributed by atoms with Crippen LogP contribution in [0.3, 0.4) is 0 Å². The van der Waals surface area contributed by atoms with Crippen LogP contribution in [0.15, 0.2) is 41.6 Å². The number of aromatic nitrogens is 1. The fourth-order valence-electron chi connectivity index (χ4n) is 1.61. The Bertz CT molecular complexity index is 817. The fraction of sp³-hybridized carbons (Fsp3) is 0. The fourth-order valence-corrected chi connectivity index (χ4v) is 2.80. The summed E-state index contributed by atoms with van der Waals surface area (Å²) in [6, 6.07) is 6.24. The number of benzene rings is 1. The van der Waals surface area contributed by atoms with E-state index in [4.69, 9.17) is 11.1 Å². The Balaban J connectivity index is 2.46. The zero-order valence-electron chi connectivity index (χ0n) is 10.5. The first-order valence-corrected chi connectivity index (χ1v) is 7.09. The Labute approximate surface area is 120 Å². The number of nitrogen functional groups attached to an aromatic ring is 1. The van der Waals surface area contributed by atoms with E-state index in [-0.39, 0.29) is 21.8 Å². The molecule has 1 heterocycles. The maximum absolute atomic E-state index is 13.0. The van der Waals surface area contributed by atoms with Crippen LogP contribution in [-0.2, 0) is 10.0 Å². The van der Waals surface area contributed by atoms with Crippen LogP contribution >= 0.6 is 0 Å². The van der Waals surface area contributed by atoms with Crippen LogP contribution in [0.4, 0.5) is 15.8 Å². The quantitative estimate of drug-likeness (QED) is 0.576. The van der Waals surface area contributed by atoms with Crippen LogP contribution in [0, 0.1) is 17.1 Å². The Morgan fingerprint density at radius 1 is 1.29 bits per heavy atom. The van der Waals surface area contributed by atoms with Crippen LogP contribution in [0.5, 0.6) is 0 Å². The molecule has 0 bridgehead atoms. The molecule has 0 fully saturated rings. The Morgan fingerprint density at radius 3 is 2.71 bits per heavy atom. The van der Waals surface area contributed by atoms with Gasteiger partial charge in [-0.05, 0) is 24.3 Å². The molecule has 2 aromatic rings. The highest BCUT2D eigenvalue weighted by atomic mass is 32.2. The van der Waals surface area contributed by atoms with Gasteiger partial charge in [-0.1, -0.05) is 0 Å². The standard InChI is InChI=1S/C12H10FN5O2S/c13-9-1-2-10(8(5-9)6-14)18-21(19,20)12-7-16-4-3-11(12)17-15/h1-5,7,18H,15H2,(H,16,17). The summed E-state index contributed by atoms with van der Waals surface area (Å²) < 4.78 is 39.8. The summed E-state index contributed by atoms with van der Waals surface area (Å²) >= 11 is 0. The molecule has 0 radical (unpaired) electrons. The van der Waals surface area contributed by atoms with E-state index in [2.05, 4.69) is 15.1 Å². The molecule has 0 aliphatic heterocycles. The minimum atomic E-state index is -4.03. The third kappa shape index (κ3) is 3.07. The van der Waals surface area contributed by atoms with Gasteiger partial charge < -0.3 is 5.43 Å². The van der Waals surface area contributed by atoms with Gasteiger partial charge in [0, 0.05) is 12.4 Å². The van der Waals surface area contributed by atoms with Crippen molar-refractivity contribution in [2.75, 3.05) is 10.1 Å². The number of nitrogens with two attached hydrogens (primary N) is 1. The number of hydrazine groups is 1. The molecular formula is C12H10FN5O2S. The molecule has 0 amide bonds. The van der Waals surface area contributed by atoms with Gasteiger partial charge in [0.15, 0.2) is 0 Å². The summed E-state index contributed by atoms with van der Waals surface area (Å²) in [6.45, 7) is 0. The second kappa shape index (κ2) is 5.74. The van der Waals surface area contributed by atoms with E-state index in [0.717, 1.165) is 24.4 Å². The molecule has 0 aliphatic rings. The molecule has 9 heteroatoms. The van der Waals surface area contributed by atoms with Gasteiger partial charge in [-0.15, -0.1) is 0 Å². The van der Waals surface area contributed by atoms with Gasteiger partial charge in [-0.25, -0.2) is 12.8 Å². The van der Waals surface area contributed by atoms with Gasteiger partial charge >= 0.3 is 0 Å². The highest BCUT2D eigenvalue weighted by molar-refractivity contribution is 7.92. The van der Waals surface area contributed by atoms with Crippen molar-refractivity contribution in [3.8, 4) is 6.07 Å². The molecule has 1 aromatic carbocycles. The topological polar surface area (TPSA) is 121 Å². The Hall–Kier alpha value is -2.70. The first-order valence-electron chi connectivity index (χ1n) is 5.61. The summed E-state index contributed by atoms with van der Waals surface area (Å²) in [7, 11) is -4.03. The highest BCUT2D eigenvalue weighted by Crippen LogP contribution is 2.24. The Kier molecular flexibility index (Phi) is 4.02. The number of anilines is 2. The molecule has 0 unspecified atom stereocenters. The summed E-state index contributed by atoms with van der Waals surface area (Å²) in [5.74, 6) is 4.61. The predicted molar refractivity (Wildman–Crippen MR) is 74.0 cm³/mol. The average Bonchev–Trinajstić information content (AvgIpc) is 2.48. The predicted octanol–water partition coefficient (Wildman–Crippen LogP) is 1.18. The monoisotopic (exact) mass is 307 g/mol. The lowest BCUT2D eigenvalue weighted by Gasteiger charge is -2.12. The minimum absolute atomic E-state index is 0.0364. The van der Waals surface area contributed by atoms with Crippen LogP contribution < -0.4 is 16.0 Å². The SMILES string of the molecule is N#Cc1cc(F)ccc1NS(=O)(=O)c1cnccc1NN. The first-order chi connectivity index (χ1) is 9.97. The van der Waals surface area contributed by atoms with Crippen LogP contribution in [0.25, 0.3) is 0 Å². The average molecular weight is 307 g/mol. The smallest absolute Gasteiger partial charge is 0.265 e. The molecule has 21 heavy (non-hydrogen) atoms. The summed E-state index contributed by atoms with van der Waals surface area (Å²) in [5, 5.41) is 8.91. The maximum Gasteiger partial charge on any atom is 0.265 e. The van der Waals surface area contributed by atoms with E-state index in [0.29, 0.717) is 0 Å². The van der Waals surface area contributed by atoms with Crippen LogP contribution in [-0.4, -0.2) is 13.4 Å². The van der Waals surface area contributed by atoms with Crippen molar-refractivity contribution in [1.29, 1.82) is 5.26 Å². The number of nitrogens with one attached hydrogen (secondary N) is 2. The second-order valence-corrected chi connectivity index (χ2v) is 5.57. The van der Waals surface area contributed by atoms with Gasteiger partial charge in [0.2, 0.25) is 0 Å². The third-order valence-electron chi connectivity index (χ3n) is 2.58. The van der Waals surface area contributed by atoms with Crippen molar-refractivity contribution in [2.45, 2.75) is 4.90 Å². The molecule has 1 aromatic heterocycles.